The van der Waals surface area contributed by atoms with Gasteiger partial charge in [-0.15, -0.1) is 0 Å². The summed E-state index contributed by atoms with van der Waals surface area (Å²) in [5, 5.41) is 3.19. The summed E-state index contributed by atoms with van der Waals surface area (Å²) in [6.45, 7) is 6.12. The number of nitrogens with one attached hydrogen (secondary N) is 1. The SMILES string of the molecule is C[C@@H]1CN(C(=O)[C@@H]2CNC[C@H]2c2ccc(F)cc2F)C[C@H](C)N1c1ccc(F)cc1. The second-order valence-electron chi connectivity index (χ2n) is 8.36. The minimum atomic E-state index is -0.621. The lowest BCUT2D eigenvalue weighted by Crippen LogP contribution is -2.59. The Bertz CT molecular complexity index is 908. The van der Waals surface area contributed by atoms with Crippen LogP contribution < -0.4 is 10.2 Å². The van der Waals surface area contributed by atoms with Gasteiger partial charge in [0, 0.05) is 55.9 Å². The molecule has 0 aliphatic carbocycles. The van der Waals surface area contributed by atoms with E-state index in [1.54, 1.807) is 12.1 Å². The van der Waals surface area contributed by atoms with Crippen LogP contribution in [0.4, 0.5) is 18.9 Å². The average Bonchev–Trinajstić information content (AvgIpc) is 3.17. The van der Waals surface area contributed by atoms with E-state index < -0.39 is 11.6 Å². The van der Waals surface area contributed by atoms with Crippen molar-refractivity contribution in [3.63, 3.8) is 0 Å². The largest absolute Gasteiger partial charge is 0.363 e. The van der Waals surface area contributed by atoms with E-state index in [0.29, 0.717) is 31.7 Å². The van der Waals surface area contributed by atoms with Crippen molar-refractivity contribution in [3.8, 4) is 0 Å². The number of anilines is 1. The summed E-state index contributed by atoms with van der Waals surface area (Å²) in [7, 11) is 0. The first-order chi connectivity index (χ1) is 14.3. The molecule has 2 fully saturated rings. The average molecular weight is 417 g/mol. The molecule has 4 rings (SSSR count). The molecule has 0 aromatic heterocycles. The number of carbonyl (C=O) groups excluding carboxylic acids is 1. The molecule has 4 nitrogen and oxygen atoms in total. The first kappa shape index (κ1) is 20.7. The molecule has 2 aliphatic rings. The molecule has 2 saturated heterocycles. The van der Waals surface area contributed by atoms with Crippen LogP contribution in [0.3, 0.4) is 0 Å². The highest BCUT2D eigenvalue weighted by atomic mass is 19.1. The topological polar surface area (TPSA) is 35.6 Å². The number of halogens is 3. The Morgan fingerprint density at radius 3 is 2.20 bits per heavy atom. The summed E-state index contributed by atoms with van der Waals surface area (Å²) >= 11 is 0. The van der Waals surface area contributed by atoms with Gasteiger partial charge in [0.05, 0.1) is 5.92 Å². The monoisotopic (exact) mass is 417 g/mol. The number of rotatable bonds is 3. The summed E-state index contributed by atoms with van der Waals surface area (Å²) in [6.07, 6.45) is 0. The Labute approximate surface area is 174 Å². The standard InChI is InChI=1S/C23H26F3N3O/c1-14-12-28(13-15(2)29(14)18-6-3-16(24)4-7-18)23(30)21-11-27-10-20(21)19-8-5-17(25)9-22(19)26/h3-9,14-15,20-21,27H,10-13H2,1-2H3/t14-,15+,20-,21+/m0/s1. The Morgan fingerprint density at radius 2 is 1.57 bits per heavy atom. The normalized spacial score (nSPS) is 26.8. The summed E-state index contributed by atoms with van der Waals surface area (Å²) in [5.74, 6) is -2.22. The van der Waals surface area contributed by atoms with Crippen LogP contribution >= 0.6 is 0 Å². The van der Waals surface area contributed by atoms with Gasteiger partial charge in [-0.1, -0.05) is 6.07 Å². The third-order valence-electron chi connectivity index (χ3n) is 6.25. The summed E-state index contributed by atoms with van der Waals surface area (Å²) in [6, 6.07) is 10.1. The molecule has 2 aliphatic heterocycles. The van der Waals surface area contributed by atoms with E-state index in [-0.39, 0.29) is 35.6 Å². The minimum Gasteiger partial charge on any atom is -0.363 e. The Morgan fingerprint density at radius 1 is 0.933 bits per heavy atom. The molecular weight excluding hydrogens is 391 g/mol. The molecule has 0 unspecified atom stereocenters. The van der Waals surface area contributed by atoms with Gasteiger partial charge in [0.2, 0.25) is 5.91 Å². The third-order valence-corrected chi connectivity index (χ3v) is 6.25. The Hall–Kier alpha value is -2.54. The molecule has 0 radical (unpaired) electrons. The molecular formula is C23H26F3N3O. The first-order valence-electron chi connectivity index (χ1n) is 10.3. The van der Waals surface area contributed by atoms with E-state index >= 15 is 0 Å². The zero-order chi connectivity index (χ0) is 21.4. The summed E-state index contributed by atoms with van der Waals surface area (Å²) in [5.41, 5.74) is 1.31. The van der Waals surface area contributed by atoms with E-state index in [0.717, 1.165) is 11.8 Å². The number of carbonyl (C=O) groups is 1. The second kappa shape index (κ2) is 8.30. The van der Waals surface area contributed by atoms with Crippen LogP contribution in [0.15, 0.2) is 42.5 Å². The predicted molar refractivity (Wildman–Crippen MR) is 110 cm³/mol. The molecule has 30 heavy (non-hydrogen) atoms. The van der Waals surface area contributed by atoms with Crippen molar-refractivity contribution in [2.75, 3.05) is 31.1 Å². The van der Waals surface area contributed by atoms with Crippen LogP contribution in [0, 0.1) is 23.4 Å². The lowest BCUT2D eigenvalue weighted by Gasteiger charge is -2.46. The van der Waals surface area contributed by atoms with E-state index in [1.165, 1.54) is 24.3 Å². The summed E-state index contributed by atoms with van der Waals surface area (Å²) in [4.78, 5) is 17.4. The predicted octanol–water partition coefficient (Wildman–Crippen LogP) is 3.53. The molecule has 0 saturated carbocycles. The Kier molecular flexibility index (Phi) is 5.73. The molecule has 2 aromatic rings. The second-order valence-corrected chi connectivity index (χ2v) is 8.36. The highest BCUT2D eigenvalue weighted by Crippen LogP contribution is 2.33. The van der Waals surface area contributed by atoms with Gasteiger partial charge in [0.1, 0.15) is 17.5 Å². The zero-order valence-electron chi connectivity index (χ0n) is 17.1. The number of benzene rings is 2. The molecule has 2 aromatic carbocycles. The zero-order valence-corrected chi connectivity index (χ0v) is 17.1. The smallest absolute Gasteiger partial charge is 0.227 e. The van der Waals surface area contributed by atoms with Crippen LogP contribution in [-0.2, 0) is 4.79 Å². The van der Waals surface area contributed by atoms with E-state index in [4.69, 9.17) is 0 Å². The number of piperazine rings is 1. The fourth-order valence-electron chi connectivity index (χ4n) is 4.93. The molecule has 2 heterocycles. The minimum absolute atomic E-state index is 0.00817. The fraction of sp³-hybridized carbons (Fsp3) is 0.435. The van der Waals surface area contributed by atoms with Gasteiger partial charge in [0.15, 0.2) is 0 Å². The molecule has 0 bridgehead atoms. The van der Waals surface area contributed by atoms with Crippen molar-refractivity contribution >= 4 is 11.6 Å². The maximum absolute atomic E-state index is 14.3. The van der Waals surface area contributed by atoms with E-state index in [9.17, 15) is 18.0 Å². The molecule has 1 amide bonds. The van der Waals surface area contributed by atoms with Crippen molar-refractivity contribution in [1.82, 2.24) is 10.2 Å². The fourth-order valence-corrected chi connectivity index (χ4v) is 4.93. The lowest BCUT2D eigenvalue weighted by atomic mass is 9.87. The van der Waals surface area contributed by atoms with Gasteiger partial charge in [-0.2, -0.15) is 0 Å². The number of amides is 1. The van der Waals surface area contributed by atoms with Gasteiger partial charge in [-0.05, 0) is 49.7 Å². The van der Waals surface area contributed by atoms with Crippen molar-refractivity contribution in [1.29, 1.82) is 0 Å². The van der Waals surface area contributed by atoms with Crippen LogP contribution in [0.25, 0.3) is 0 Å². The van der Waals surface area contributed by atoms with Gasteiger partial charge >= 0.3 is 0 Å². The number of hydrogen-bond donors (Lipinski definition) is 1. The van der Waals surface area contributed by atoms with Crippen molar-refractivity contribution in [2.24, 2.45) is 5.92 Å². The van der Waals surface area contributed by atoms with Crippen LogP contribution in [0.5, 0.6) is 0 Å². The van der Waals surface area contributed by atoms with Crippen LogP contribution in [-0.4, -0.2) is 49.1 Å². The number of hydrogen-bond acceptors (Lipinski definition) is 3. The maximum Gasteiger partial charge on any atom is 0.227 e. The van der Waals surface area contributed by atoms with Crippen LogP contribution in [0.1, 0.15) is 25.3 Å². The van der Waals surface area contributed by atoms with E-state index in [1.807, 2.05) is 18.7 Å². The summed E-state index contributed by atoms with van der Waals surface area (Å²) < 4.78 is 40.9. The van der Waals surface area contributed by atoms with Crippen molar-refractivity contribution in [2.45, 2.75) is 31.8 Å². The first-order valence-corrected chi connectivity index (χ1v) is 10.3. The van der Waals surface area contributed by atoms with Gasteiger partial charge in [0.25, 0.3) is 0 Å². The molecule has 4 atom stereocenters. The van der Waals surface area contributed by atoms with Gasteiger partial charge < -0.3 is 15.1 Å². The van der Waals surface area contributed by atoms with Crippen molar-refractivity contribution in [3.05, 3.63) is 65.5 Å². The molecule has 160 valence electrons. The van der Waals surface area contributed by atoms with Gasteiger partial charge in [-0.3, -0.25) is 4.79 Å². The highest BCUT2D eigenvalue weighted by Gasteiger charge is 2.40. The molecule has 1 N–H and O–H groups in total. The van der Waals surface area contributed by atoms with E-state index in [2.05, 4.69) is 10.2 Å². The van der Waals surface area contributed by atoms with Crippen LogP contribution in [0.2, 0.25) is 0 Å². The Balaban J connectivity index is 1.50. The number of nitrogens with zero attached hydrogens (tertiary/aromatic N) is 2. The van der Waals surface area contributed by atoms with Crippen molar-refractivity contribution < 1.29 is 18.0 Å². The quantitative estimate of drug-likeness (QED) is 0.830. The molecule has 7 heteroatoms. The third kappa shape index (κ3) is 3.90. The molecule has 0 spiro atoms. The lowest BCUT2D eigenvalue weighted by molar-refractivity contribution is -0.136. The van der Waals surface area contributed by atoms with Gasteiger partial charge in [-0.25, -0.2) is 13.2 Å². The maximum atomic E-state index is 14.3. The highest BCUT2D eigenvalue weighted by molar-refractivity contribution is 5.81.